The largest absolute Gasteiger partial charge is 0.247 e. The SMILES string of the molecule is c1ccc(-c2cc(-c3ccccc3)nc(-c3ccc(-c4nc5ccccc5c5c4cc(-c4ccc(-c6nc(-c7ccccc7)nc(-c7ccccc7)n6)cc4)c4ccccc45)cc3)n2)cc1. The topological polar surface area (TPSA) is 77.3 Å². The van der Waals surface area contributed by atoms with Gasteiger partial charge < -0.3 is 0 Å². The molecular formula is C60H38N6. The monoisotopic (exact) mass is 842 g/mol. The summed E-state index contributed by atoms with van der Waals surface area (Å²) in [5.74, 6) is 2.55. The van der Waals surface area contributed by atoms with E-state index in [2.05, 4.69) is 133 Å². The van der Waals surface area contributed by atoms with Crippen molar-refractivity contribution < 1.29 is 0 Å². The van der Waals surface area contributed by atoms with Gasteiger partial charge in [-0.05, 0) is 40.1 Å². The van der Waals surface area contributed by atoms with Crippen LogP contribution in [0.2, 0.25) is 0 Å². The highest BCUT2D eigenvalue weighted by atomic mass is 15.0. The fraction of sp³-hybridized carbons (Fsp3) is 0. The van der Waals surface area contributed by atoms with Crippen molar-refractivity contribution in [2.75, 3.05) is 0 Å². The number of hydrogen-bond donors (Lipinski definition) is 0. The van der Waals surface area contributed by atoms with Crippen LogP contribution >= 0.6 is 0 Å². The van der Waals surface area contributed by atoms with Gasteiger partial charge in [0, 0.05) is 55.1 Å². The minimum Gasteiger partial charge on any atom is -0.247 e. The van der Waals surface area contributed by atoms with Gasteiger partial charge in [0.25, 0.3) is 0 Å². The van der Waals surface area contributed by atoms with E-state index in [-0.39, 0.29) is 0 Å². The first-order chi connectivity index (χ1) is 32.7. The van der Waals surface area contributed by atoms with E-state index in [1.54, 1.807) is 0 Å². The van der Waals surface area contributed by atoms with Crippen molar-refractivity contribution >= 4 is 32.4 Å². The van der Waals surface area contributed by atoms with Crippen molar-refractivity contribution in [3.05, 3.63) is 231 Å². The molecule has 6 heteroatoms. The number of aromatic nitrogens is 6. The van der Waals surface area contributed by atoms with E-state index >= 15 is 0 Å². The molecular weight excluding hydrogens is 805 g/mol. The van der Waals surface area contributed by atoms with Crippen molar-refractivity contribution in [2.24, 2.45) is 0 Å². The van der Waals surface area contributed by atoms with E-state index in [0.717, 1.165) is 88.8 Å². The third-order valence-corrected chi connectivity index (χ3v) is 12.1. The summed E-state index contributed by atoms with van der Waals surface area (Å²) in [6.45, 7) is 0. The maximum absolute atomic E-state index is 5.39. The second-order valence-electron chi connectivity index (χ2n) is 16.3. The number of pyridine rings is 1. The fourth-order valence-corrected chi connectivity index (χ4v) is 8.88. The number of rotatable bonds is 8. The lowest BCUT2D eigenvalue weighted by atomic mass is 9.89. The molecule has 0 radical (unpaired) electrons. The number of nitrogens with zero attached hydrogens (tertiary/aromatic N) is 6. The highest BCUT2D eigenvalue weighted by Gasteiger charge is 2.19. The lowest BCUT2D eigenvalue weighted by molar-refractivity contribution is 1.07. The van der Waals surface area contributed by atoms with Crippen molar-refractivity contribution in [2.45, 2.75) is 0 Å². The molecule has 0 saturated carbocycles. The standard InChI is InChI=1S/C60H38N6/c1-5-17-40(18-6-1)53-38-54(41-19-7-2-8-20-41)63-57(62-53)45-35-31-42(32-36-45)56-51-37-50(47-25-13-14-26-48(47)55(51)49-27-15-16-28-52(49)61-56)39-29-33-46(34-30-39)60-65-58(43-21-9-3-10-22-43)64-59(66-60)44-23-11-4-12-24-44/h1-38H. The maximum Gasteiger partial charge on any atom is 0.164 e. The normalized spacial score (nSPS) is 11.3. The van der Waals surface area contributed by atoms with Gasteiger partial charge in [-0.1, -0.05) is 212 Å². The molecule has 0 unspecified atom stereocenters. The van der Waals surface area contributed by atoms with Crippen LogP contribution in [0.4, 0.5) is 0 Å². The first kappa shape index (κ1) is 38.7. The summed E-state index contributed by atoms with van der Waals surface area (Å²) in [7, 11) is 0. The molecule has 3 heterocycles. The van der Waals surface area contributed by atoms with Crippen molar-refractivity contribution in [1.29, 1.82) is 0 Å². The van der Waals surface area contributed by atoms with E-state index in [4.69, 9.17) is 29.9 Å². The van der Waals surface area contributed by atoms with Gasteiger partial charge in [-0.3, -0.25) is 0 Å². The van der Waals surface area contributed by atoms with E-state index in [1.807, 2.05) is 97.1 Å². The fourth-order valence-electron chi connectivity index (χ4n) is 8.88. The molecule has 0 atom stereocenters. The molecule has 0 spiro atoms. The number of fused-ring (bicyclic) bond motifs is 5. The molecule has 12 aromatic rings. The third-order valence-electron chi connectivity index (χ3n) is 12.1. The van der Waals surface area contributed by atoms with Crippen molar-refractivity contribution in [3.8, 4) is 90.5 Å². The second-order valence-corrected chi connectivity index (χ2v) is 16.3. The van der Waals surface area contributed by atoms with Crippen LogP contribution in [0.1, 0.15) is 0 Å². The summed E-state index contributed by atoms with van der Waals surface area (Å²) >= 11 is 0. The van der Waals surface area contributed by atoms with Crippen LogP contribution in [0.15, 0.2) is 231 Å². The zero-order chi connectivity index (χ0) is 43.8. The minimum absolute atomic E-state index is 0.618. The number of hydrogen-bond acceptors (Lipinski definition) is 6. The molecule has 0 aliphatic heterocycles. The summed E-state index contributed by atoms with van der Waals surface area (Å²) in [4.78, 5) is 30.5. The predicted molar refractivity (Wildman–Crippen MR) is 269 cm³/mol. The van der Waals surface area contributed by atoms with Gasteiger partial charge in [0.2, 0.25) is 0 Å². The summed E-state index contributed by atoms with van der Waals surface area (Å²) in [5.41, 5.74) is 12.6. The van der Waals surface area contributed by atoms with E-state index in [1.165, 1.54) is 10.8 Å². The van der Waals surface area contributed by atoms with Gasteiger partial charge in [-0.2, -0.15) is 0 Å². The van der Waals surface area contributed by atoms with Crippen LogP contribution in [0.3, 0.4) is 0 Å². The lowest BCUT2D eigenvalue weighted by Crippen LogP contribution is -2.00. The molecule has 0 fully saturated rings. The molecule has 6 nitrogen and oxygen atoms in total. The molecule has 0 saturated heterocycles. The van der Waals surface area contributed by atoms with Crippen LogP contribution in [-0.2, 0) is 0 Å². The summed E-state index contributed by atoms with van der Waals surface area (Å²) in [6, 6.07) is 79.4. The Hall–Kier alpha value is -9.00. The molecule has 12 rings (SSSR count). The molecule has 0 aliphatic carbocycles. The first-order valence-corrected chi connectivity index (χ1v) is 22.0. The first-order valence-electron chi connectivity index (χ1n) is 22.0. The van der Waals surface area contributed by atoms with Gasteiger partial charge in [0.15, 0.2) is 23.3 Å². The Morgan fingerprint density at radius 3 is 1.12 bits per heavy atom. The zero-order valence-corrected chi connectivity index (χ0v) is 35.6. The van der Waals surface area contributed by atoms with Gasteiger partial charge in [-0.25, -0.2) is 29.9 Å². The summed E-state index contributed by atoms with van der Waals surface area (Å²) in [6.07, 6.45) is 0. The van der Waals surface area contributed by atoms with Gasteiger partial charge >= 0.3 is 0 Å². The van der Waals surface area contributed by atoms with Crippen LogP contribution in [0, 0.1) is 0 Å². The van der Waals surface area contributed by atoms with Crippen molar-refractivity contribution in [3.63, 3.8) is 0 Å². The second kappa shape index (κ2) is 16.6. The van der Waals surface area contributed by atoms with E-state index < -0.39 is 0 Å². The Morgan fingerprint density at radius 1 is 0.227 bits per heavy atom. The molecule has 308 valence electrons. The van der Waals surface area contributed by atoms with Crippen LogP contribution in [0.25, 0.3) is 123 Å². The molecule has 66 heavy (non-hydrogen) atoms. The Bertz CT molecular complexity index is 3600. The Balaban J connectivity index is 0.982. The van der Waals surface area contributed by atoms with Crippen molar-refractivity contribution in [1.82, 2.24) is 29.9 Å². The predicted octanol–water partition coefficient (Wildman–Crippen LogP) is 14.9. The average Bonchev–Trinajstić information content (AvgIpc) is 3.41. The average molecular weight is 843 g/mol. The number of benzene rings is 9. The van der Waals surface area contributed by atoms with Gasteiger partial charge in [0.05, 0.1) is 22.6 Å². The lowest BCUT2D eigenvalue weighted by Gasteiger charge is -2.16. The molecule has 0 bridgehead atoms. The van der Waals surface area contributed by atoms with Crippen LogP contribution < -0.4 is 0 Å². The van der Waals surface area contributed by atoms with Crippen LogP contribution in [-0.4, -0.2) is 29.9 Å². The Morgan fingerprint density at radius 2 is 0.606 bits per heavy atom. The van der Waals surface area contributed by atoms with Crippen LogP contribution in [0.5, 0.6) is 0 Å². The molecule has 0 N–H and O–H groups in total. The summed E-state index contributed by atoms with van der Waals surface area (Å²) < 4.78 is 0. The smallest absolute Gasteiger partial charge is 0.164 e. The molecule has 0 aliphatic rings. The maximum atomic E-state index is 5.39. The van der Waals surface area contributed by atoms with Gasteiger partial charge in [0.1, 0.15) is 0 Å². The highest BCUT2D eigenvalue weighted by Crippen LogP contribution is 2.42. The third kappa shape index (κ3) is 7.22. The summed E-state index contributed by atoms with van der Waals surface area (Å²) in [5, 5.41) is 5.70. The minimum atomic E-state index is 0.618. The molecule has 3 aromatic heterocycles. The van der Waals surface area contributed by atoms with Gasteiger partial charge in [-0.15, -0.1) is 0 Å². The van der Waals surface area contributed by atoms with E-state index in [0.29, 0.717) is 23.3 Å². The zero-order valence-electron chi connectivity index (χ0n) is 35.6. The molecule has 0 amide bonds. The highest BCUT2D eigenvalue weighted by molar-refractivity contribution is 6.25. The quantitative estimate of drug-likeness (QED) is 0.142. The Labute approximate surface area is 381 Å². The molecule has 9 aromatic carbocycles. The number of para-hydroxylation sites is 1. The Kier molecular flexibility index (Phi) is 9.73. The van der Waals surface area contributed by atoms with E-state index in [9.17, 15) is 0 Å².